The van der Waals surface area contributed by atoms with Crippen LogP contribution in [-0.4, -0.2) is 35.8 Å². The first-order chi connectivity index (χ1) is 7.61. The quantitative estimate of drug-likeness (QED) is 0.769. The van der Waals surface area contributed by atoms with E-state index in [0.717, 1.165) is 12.5 Å². The van der Waals surface area contributed by atoms with E-state index in [2.05, 4.69) is 12.2 Å². The van der Waals surface area contributed by atoms with Gasteiger partial charge in [0.25, 0.3) is 0 Å². The fourth-order valence-electron chi connectivity index (χ4n) is 2.29. The zero-order valence-electron chi connectivity index (χ0n) is 10.0. The van der Waals surface area contributed by atoms with Gasteiger partial charge in [-0.3, -0.25) is 9.59 Å². The molecule has 1 saturated heterocycles. The van der Waals surface area contributed by atoms with Gasteiger partial charge in [0, 0.05) is 19.5 Å². The second-order valence-corrected chi connectivity index (χ2v) is 5.04. The van der Waals surface area contributed by atoms with Gasteiger partial charge >= 0.3 is 0 Å². The molecule has 3 unspecified atom stereocenters. The number of carbonyl (C=O) groups is 2. The summed E-state index contributed by atoms with van der Waals surface area (Å²) in [6.07, 6.45) is 2.35. The van der Waals surface area contributed by atoms with Crippen LogP contribution in [0, 0.1) is 11.8 Å². The molecule has 1 heterocycles. The number of nitrogens with zero attached hydrogens (tertiary/aromatic N) is 1. The van der Waals surface area contributed by atoms with E-state index in [1.54, 1.807) is 0 Å². The molecule has 0 bridgehead atoms. The molecule has 0 aromatic rings. The van der Waals surface area contributed by atoms with Crippen molar-refractivity contribution in [3.63, 3.8) is 0 Å². The Morgan fingerprint density at radius 3 is 2.69 bits per heavy atom. The third kappa shape index (κ3) is 2.36. The summed E-state index contributed by atoms with van der Waals surface area (Å²) in [6, 6.07) is -0.302. The summed E-state index contributed by atoms with van der Waals surface area (Å²) in [5.41, 5.74) is 0. The monoisotopic (exact) mass is 224 g/mol. The Hall–Kier alpha value is -1.06. The summed E-state index contributed by atoms with van der Waals surface area (Å²) >= 11 is 0. The fourth-order valence-corrected chi connectivity index (χ4v) is 2.29. The Morgan fingerprint density at radius 1 is 1.44 bits per heavy atom. The van der Waals surface area contributed by atoms with Gasteiger partial charge in [-0.1, -0.05) is 13.8 Å². The molecule has 1 saturated carbocycles. The highest BCUT2D eigenvalue weighted by Gasteiger charge is 2.37. The Morgan fingerprint density at radius 2 is 2.12 bits per heavy atom. The molecule has 0 aromatic heterocycles. The second kappa shape index (κ2) is 4.44. The van der Waals surface area contributed by atoms with Crippen LogP contribution >= 0.6 is 0 Å². The first-order valence-electron chi connectivity index (χ1n) is 6.20. The molecule has 0 radical (unpaired) electrons. The molecule has 2 rings (SSSR count). The van der Waals surface area contributed by atoms with Crippen molar-refractivity contribution >= 4 is 11.8 Å². The third-order valence-corrected chi connectivity index (χ3v) is 3.69. The number of carbonyl (C=O) groups excluding carboxylic acids is 2. The molecule has 4 heteroatoms. The average Bonchev–Trinajstić information content (AvgIpc) is 2.97. The molecule has 90 valence electrons. The summed E-state index contributed by atoms with van der Waals surface area (Å²) in [4.78, 5) is 25.4. The van der Waals surface area contributed by atoms with Crippen molar-refractivity contribution in [3.05, 3.63) is 0 Å². The van der Waals surface area contributed by atoms with Gasteiger partial charge in [-0.25, -0.2) is 0 Å². The van der Waals surface area contributed by atoms with Gasteiger partial charge in [0.15, 0.2) is 0 Å². The highest BCUT2D eigenvalue weighted by atomic mass is 16.2. The minimum absolute atomic E-state index is 0.00606. The van der Waals surface area contributed by atoms with Gasteiger partial charge in [-0.15, -0.1) is 0 Å². The minimum atomic E-state index is -0.302. The van der Waals surface area contributed by atoms with Gasteiger partial charge in [0.2, 0.25) is 11.8 Å². The van der Waals surface area contributed by atoms with Gasteiger partial charge in [-0.2, -0.15) is 0 Å². The van der Waals surface area contributed by atoms with Gasteiger partial charge in [0.05, 0.1) is 0 Å². The van der Waals surface area contributed by atoms with E-state index in [1.807, 2.05) is 11.8 Å². The van der Waals surface area contributed by atoms with Crippen LogP contribution in [0.3, 0.4) is 0 Å². The molecule has 2 fully saturated rings. The van der Waals surface area contributed by atoms with Crippen LogP contribution in [0.25, 0.3) is 0 Å². The third-order valence-electron chi connectivity index (χ3n) is 3.69. The molecule has 3 atom stereocenters. The molecule has 2 aliphatic rings. The Kier molecular flexibility index (Phi) is 3.17. The topological polar surface area (TPSA) is 49.4 Å². The lowest BCUT2D eigenvalue weighted by Crippen LogP contribution is -2.44. The smallest absolute Gasteiger partial charge is 0.245 e. The molecular weight excluding hydrogens is 204 g/mol. The van der Waals surface area contributed by atoms with Crippen molar-refractivity contribution in [1.82, 2.24) is 10.2 Å². The summed E-state index contributed by atoms with van der Waals surface area (Å²) in [7, 11) is 0. The van der Waals surface area contributed by atoms with Crippen molar-refractivity contribution in [1.29, 1.82) is 0 Å². The molecule has 4 nitrogen and oxygen atoms in total. The molecule has 2 amide bonds. The van der Waals surface area contributed by atoms with E-state index < -0.39 is 0 Å². The Bertz CT molecular complexity index is 303. The van der Waals surface area contributed by atoms with Crippen LogP contribution in [0.2, 0.25) is 0 Å². The largest absolute Gasteiger partial charge is 0.344 e. The molecular formula is C12H20N2O2. The van der Waals surface area contributed by atoms with E-state index in [0.29, 0.717) is 25.3 Å². The van der Waals surface area contributed by atoms with E-state index >= 15 is 0 Å². The zero-order chi connectivity index (χ0) is 11.7. The van der Waals surface area contributed by atoms with Crippen molar-refractivity contribution in [2.45, 2.75) is 39.2 Å². The molecule has 0 spiro atoms. The number of hydrogen-bond acceptors (Lipinski definition) is 2. The SMILES string of the molecule is CCC1NC(=O)CCN(CC2CC2C)C1=O. The van der Waals surface area contributed by atoms with E-state index in [4.69, 9.17) is 0 Å². The highest BCUT2D eigenvalue weighted by Crippen LogP contribution is 2.38. The Balaban J connectivity index is 1.99. The van der Waals surface area contributed by atoms with Crippen molar-refractivity contribution in [3.8, 4) is 0 Å². The summed E-state index contributed by atoms with van der Waals surface area (Å²) < 4.78 is 0. The van der Waals surface area contributed by atoms with E-state index in [9.17, 15) is 9.59 Å². The van der Waals surface area contributed by atoms with Crippen molar-refractivity contribution < 1.29 is 9.59 Å². The van der Waals surface area contributed by atoms with E-state index in [1.165, 1.54) is 6.42 Å². The van der Waals surface area contributed by atoms with Crippen LogP contribution in [0.15, 0.2) is 0 Å². The Labute approximate surface area is 96.4 Å². The standard InChI is InChI=1S/C12H20N2O2/c1-3-10-12(16)14(5-4-11(15)13-10)7-9-6-8(9)2/h8-10H,3-7H2,1-2H3,(H,13,15). The van der Waals surface area contributed by atoms with Gasteiger partial charge in [0.1, 0.15) is 6.04 Å². The van der Waals surface area contributed by atoms with Crippen molar-refractivity contribution in [2.75, 3.05) is 13.1 Å². The predicted octanol–water partition coefficient (Wildman–Crippen LogP) is 0.769. The number of rotatable bonds is 3. The van der Waals surface area contributed by atoms with Crippen LogP contribution in [0.4, 0.5) is 0 Å². The van der Waals surface area contributed by atoms with Crippen LogP contribution in [-0.2, 0) is 9.59 Å². The second-order valence-electron chi connectivity index (χ2n) is 5.04. The molecule has 0 aromatic carbocycles. The predicted molar refractivity (Wildman–Crippen MR) is 60.7 cm³/mol. The summed E-state index contributed by atoms with van der Waals surface area (Å²) in [5.74, 6) is 1.52. The maximum absolute atomic E-state index is 12.1. The van der Waals surface area contributed by atoms with E-state index in [-0.39, 0.29) is 17.9 Å². The lowest BCUT2D eigenvalue weighted by Gasteiger charge is -2.23. The highest BCUT2D eigenvalue weighted by molar-refractivity contribution is 5.89. The molecule has 16 heavy (non-hydrogen) atoms. The maximum atomic E-state index is 12.1. The summed E-state index contributed by atoms with van der Waals surface area (Å²) in [5, 5.41) is 2.78. The fraction of sp³-hybridized carbons (Fsp3) is 0.833. The van der Waals surface area contributed by atoms with Crippen molar-refractivity contribution in [2.24, 2.45) is 11.8 Å². The zero-order valence-corrected chi connectivity index (χ0v) is 10.0. The molecule has 1 N–H and O–H groups in total. The lowest BCUT2D eigenvalue weighted by atomic mass is 10.2. The first kappa shape index (κ1) is 11.4. The maximum Gasteiger partial charge on any atom is 0.245 e. The number of hydrogen-bond donors (Lipinski definition) is 1. The average molecular weight is 224 g/mol. The van der Waals surface area contributed by atoms with Crippen LogP contribution < -0.4 is 5.32 Å². The van der Waals surface area contributed by atoms with Crippen LogP contribution in [0.5, 0.6) is 0 Å². The minimum Gasteiger partial charge on any atom is -0.344 e. The summed E-state index contributed by atoms with van der Waals surface area (Å²) in [6.45, 7) is 5.58. The number of nitrogens with one attached hydrogen (secondary N) is 1. The van der Waals surface area contributed by atoms with Crippen LogP contribution in [0.1, 0.15) is 33.1 Å². The normalized spacial score (nSPS) is 34.6. The number of amides is 2. The molecule has 1 aliphatic carbocycles. The lowest BCUT2D eigenvalue weighted by molar-refractivity contribution is -0.133. The molecule has 1 aliphatic heterocycles. The van der Waals surface area contributed by atoms with Gasteiger partial charge < -0.3 is 10.2 Å². The first-order valence-corrected chi connectivity index (χ1v) is 6.20. The van der Waals surface area contributed by atoms with Gasteiger partial charge in [-0.05, 0) is 24.7 Å².